The third kappa shape index (κ3) is 2.99. The Bertz CT molecular complexity index is 640. The summed E-state index contributed by atoms with van der Waals surface area (Å²) < 4.78 is 5.38. The van der Waals surface area contributed by atoms with Crippen molar-refractivity contribution in [3.63, 3.8) is 0 Å². The minimum atomic E-state index is -0.0684. The Labute approximate surface area is 123 Å². The van der Waals surface area contributed by atoms with Gasteiger partial charge in [-0.05, 0) is 30.5 Å². The molecule has 2 aromatic rings. The van der Waals surface area contributed by atoms with Gasteiger partial charge in [0.05, 0.1) is 5.69 Å². The summed E-state index contributed by atoms with van der Waals surface area (Å²) in [7, 11) is 0. The Morgan fingerprint density at radius 1 is 1.14 bits per heavy atom. The molecule has 0 bridgehead atoms. The number of carbonyl (C=O) groups excluding carboxylic acids is 1. The Kier molecular flexibility index (Phi) is 3.77. The maximum absolute atomic E-state index is 12.0. The number of aromatic hydroxyl groups is 1. The lowest BCUT2D eigenvalue weighted by Gasteiger charge is -2.29. The van der Waals surface area contributed by atoms with Gasteiger partial charge < -0.3 is 14.7 Å². The zero-order valence-electron chi connectivity index (χ0n) is 11.7. The van der Waals surface area contributed by atoms with Crippen LogP contribution in [-0.2, 0) is 11.2 Å². The van der Waals surface area contributed by atoms with Crippen LogP contribution < -0.4 is 9.64 Å². The second-order valence-electron chi connectivity index (χ2n) is 5.08. The Balaban J connectivity index is 1.70. The first-order chi connectivity index (χ1) is 10.2. The van der Waals surface area contributed by atoms with Crippen LogP contribution in [0.1, 0.15) is 12.0 Å². The summed E-state index contributed by atoms with van der Waals surface area (Å²) in [5, 5.41) is 9.60. The van der Waals surface area contributed by atoms with E-state index in [1.807, 2.05) is 18.2 Å². The molecule has 3 rings (SSSR count). The van der Waals surface area contributed by atoms with Gasteiger partial charge in [-0.1, -0.05) is 30.3 Å². The number of anilines is 1. The normalized spacial score (nSPS) is 13.7. The molecule has 1 amide bonds. The van der Waals surface area contributed by atoms with Gasteiger partial charge in [0, 0.05) is 12.6 Å². The summed E-state index contributed by atoms with van der Waals surface area (Å²) in [6.45, 7) is 0.677. The molecular formula is C17H17NO3. The fraction of sp³-hybridized carbons (Fsp3) is 0.235. The summed E-state index contributed by atoms with van der Waals surface area (Å²) in [4.78, 5) is 13.7. The monoisotopic (exact) mass is 283 g/mol. The van der Waals surface area contributed by atoms with Gasteiger partial charge in [0.15, 0.2) is 6.61 Å². The SMILES string of the molecule is O=C1COc2ccc(O)cc2N1CCCc1ccccc1. The van der Waals surface area contributed by atoms with Gasteiger partial charge in [-0.25, -0.2) is 0 Å². The van der Waals surface area contributed by atoms with E-state index in [1.165, 1.54) is 5.56 Å². The van der Waals surface area contributed by atoms with Crippen molar-refractivity contribution in [1.82, 2.24) is 0 Å². The van der Waals surface area contributed by atoms with Gasteiger partial charge in [0.1, 0.15) is 11.5 Å². The van der Waals surface area contributed by atoms with E-state index in [1.54, 1.807) is 23.1 Å². The molecule has 4 heteroatoms. The van der Waals surface area contributed by atoms with Gasteiger partial charge in [-0.2, -0.15) is 0 Å². The fourth-order valence-electron chi connectivity index (χ4n) is 2.52. The van der Waals surface area contributed by atoms with Crippen LogP contribution in [0, 0.1) is 0 Å². The third-order valence-electron chi connectivity index (χ3n) is 3.58. The second kappa shape index (κ2) is 5.87. The molecule has 0 aliphatic carbocycles. The van der Waals surface area contributed by atoms with Crippen LogP contribution in [0.25, 0.3) is 0 Å². The molecule has 1 aliphatic rings. The van der Waals surface area contributed by atoms with E-state index in [4.69, 9.17) is 4.74 Å². The number of fused-ring (bicyclic) bond motifs is 1. The minimum absolute atomic E-state index is 0.0586. The number of carbonyl (C=O) groups is 1. The Morgan fingerprint density at radius 3 is 2.76 bits per heavy atom. The molecule has 2 aromatic carbocycles. The fourth-order valence-corrected chi connectivity index (χ4v) is 2.52. The van der Waals surface area contributed by atoms with Gasteiger partial charge in [0.2, 0.25) is 0 Å². The van der Waals surface area contributed by atoms with E-state index < -0.39 is 0 Å². The Morgan fingerprint density at radius 2 is 1.95 bits per heavy atom. The van der Waals surface area contributed by atoms with Crippen molar-refractivity contribution in [2.75, 3.05) is 18.1 Å². The lowest BCUT2D eigenvalue weighted by Crippen LogP contribution is -2.39. The number of rotatable bonds is 4. The average Bonchev–Trinajstić information content (AvgIpc) is 2.50. The standard InChI is InChI=1S/C17H17NO3/c19-14-8-9-16-15(11-14)18(17(20)12-21-16)10-4-7-13-5-2-1-3-6-13/h1-3,5-6,8-9,11,19H,4,7,10,12H2. The van der Waals surface area contributed by atoms with Crippen molar-refractivity contribution in [3.8, 4) is 11.5 Å². The largest absolute Gasteiger partial charge is 0.508 e. The van der Waals surface area contributed by atoms with E-state index in [2.05, 4.69) is 12.1 Å². The molecular weight excluding hydrogens is 266 g/mol. The van der Waals surface area contributed by atoms with Crippen LogP contribution in [0.2, 0.25) is 0 Å². The number of benzene rings is 2. The van der Waals surface area contributed by atoms with E-state index >= 15 is 0 Å². The molecule has 0 aromatic heterocycles. The number of aryl methyl sites for hydroxylation is 1. The van der Waals surface area contributed by atoms with E-state index in [0.29, 0.717) is 18.0 Å². The van der Waals surface area contributed by atoms with Crippen molar-refractivity contribution in [1.29, 1.82) is 0 Å². The molecule has 0 atom stereocenters. The highest BCUT2D eigenvalue weighted by Gasteiger charge is 2.25. The van der Waals surface area contributed by atoms with Crippen molar-refractivity contribution < 1.29 is 14.6 Å². The average molecular weight is 283 g/mol. The lowest BCUT2D eigenvalue weighted by molar-refractivity contribution is -0.121. The number of hydrogen-bond donors (Lipinski definition) is 1. The van der Waals surface area contributed by atoms with Gasteiger partial charge in [-0.3, -0.25) is 4.79 Å². The molecule has 0 saturated heterocycles. The lowest BCUT2D eigenvalue weighted by atomic mass is 10.1. The second-order valence-corrected chi connectivity index (χ2v) is 5.08. The molecule has 21 heavy (non-hydrogen) atoms. The molecule has 0 fully saturated rings. The number of amides is 1. The van der Waals surface area contributed by atoms with Crippen LogP contribution in [0.4, 0.5) is 5.69 Å². The zero-order chi connectivity index (χ0) is 14.7. The molecule has 108 valence electrons. The summed E-state index contributed by atoms with van der Waals surface area (Å²) >= 11 is 0. The predicted octanol–water partition coefficient (Wildman–Crippen LogP) is 2.75. The topological polar surface area (TPSA) is 49.8 Å². The highest BCUT2D eigenvalue weighted by atomic mass is 16.5. The van der Waals surface area contributed by atoms with Crippen molar-refractivity contribution in [3.05, 3.63) is 54.1 Å². The van der Waals surface area contributed by atoms with Crippen LogP contribution >= 0.6 is 0 Å². The molecule has 0 radical (unpaired) electrons. The maximum Gasteiger partial charge on any atom is 0.265 e. The zero-order valence-corrected chi connectivity index (χ0v) is 11.7. The molecule has 1 aliphatic heterocycles. The summed E-state index contributed by atoms with van der Waals surface area (Å²) in [5.41, 5.74) is 1.91. The summed E-state index contributed by atoms with van der Waals surface area (Å²) in [6, 6.07) is 15.0. The highest BCUT2D eigenvalue weighted by molar-refractivity contribution is 5.98. The number of phenolic OH excluding ortho intramolecular Hbond substituents is 1. The number of hydrogen-bond acceptors (Lipinski definition) is 3. The molecule has 1 heterocycles. The van der Waals surface area contributed by atoms with Crippen LogP contribution in [0.15, 0.2) is 48.5 Å². The summed E-state index contributed by atoms with van der Waals surface area (Å²) in [6.07, 6.45) is 1.78. The van der Waals surface area contributed by atoms with Crippen LogP contribution in [-0.4, -0.2) is 24.2 Å². The van der Waals surface area contributed by atoms with Crippen molar-refractivity contribution in [2.24, 2.45) is 0 Å². The number of nitrogens with zero attached hydrogens (tertiary/aromatic N) is 1. The molecule has 0 unspecified atom stereocenters. The smallest absolute Gasteiger partial charge is 0.265 e. The third-order valence-corrected chi connectivity index (χ3v) is 3.58. The van der Waals surface area contributed by atoms with Crippen LogP contribution in [0.3, 0.4) is 0 Å². The van der Waals surface area contributed by atoms with E-state index in [9.17, 15) is 9.90 Å². The molecule has 0 saturated carbocycles. The quantitative estimate of drug-likeness (QED) is 0.938. The van der Waals surface area contributed by atoms with Crippen LogP contribution in [0.5, 0.6) is 11.5 Å². The highest BCUT2D eigenvalue weighted by Crippen LogP contribution is 2.35. The van der Waals surface area contributed by atoms with Crippen molar-refractivity contribution >= 4 is 11.6 Å². The first-order valence-corrected chi connectivity index (χ1v) is 7.04. The minimum Gasteiger partial charge on any atom is -0.508 e. The first kappa shape index (κ1) is 13.5. The molecule has 1 N–H and O–H groups in total. The predicted molar refractivity (Wildman–Crippen MR) is 80.7 cm³/mol. The number of phenols is 1. The van der Waals surface area contributed by atoms with Gasteiger partial charge >= 0.3 is 0 Å². The van der Waals surface area contributed by atoms with E-state index in [0.717, 1.165) is 12.8 Å². The number of ether oxygens (including phenoxy) is 1. The Hall–Kier alpha value is -2.49. The first-order valence-electron chi connectivity index (χ1n) is 7.04. The maximum atomic E-state index is 12.0. The van der Waals surface area contributed by atoms with Gasteiger partial charge in [0.25, 0.3) is 5.91 Å². The van der Waals surface area contributed by atoms with Crippen molar-refractivity contribution in [2.45, 2.75) is 12.8 Å². The molecule has 0 spiro atoms. The van der Waals surface area contributed by atoms with E-state index in [-0.39, 0.29) is 18.3 Å². The van der Waals surface area contributed by atoms with Gasteiger partial charge in [-0.15, -0.1) is 0 Å². The summed E-state index contributed by atoms with van der Waals surface area (Å²) in [5.74, 6) is 0.716. The molecule has 4 nitrogen and oxygen atoms in total.